The van der Waals surface area contributed by atoms with E-state index in [1.165, 1.54) is 5.56 Å². The van der Waals surface area contributed by atoms with Crippen molar-refractivity contribution < 1.29 is 9.53 Å². The van der Waals surface area contributed by atoms with E-state index in [2.05, 4.69) is 30.5 Å². The van der Waals surface area contributed by atoms with Crippen molar-refractivity contribution in [2.45, 2.75) is 40.5 Å². The van der Waals surface area contributed by atoms with Crippen molar-refractivity contribution in [2.24, 2.45) is 0 Å². The normalized spacial score (nSPS) is 10.6. The second kappa shape index (κ2) is 7.86. The Morgan fingerprint density at radius 2 is 1.71 bits per heavy atom. The van der Waals surface area contributed by atoms with E-state index in [-0.39, 0.29) is 12.8 Å². The predicted molar refractivity (Wildman–Crippen MR) is 98.8 cm³/mol. The Hall–Kier alpha value is -2.49. The summed E-state index contributed by atoms with van der Waals surface area (Å²) >= 11 is 0. The molecule has 0 aliphatic carbocycles. The number of hydrogen-bond donors (Lipinski definition) is 2. The highest BCUT2D eigenvalue weighted by Gasteiger charge is 2.10. The molecule has 0 bridgehead atoms. The van der Waals surface area contributed by atoms with Crippen LogP contribution in [0.5, 0.6) is 5.75 Å². The van der Waals surface area contributed by atoms with E-state index in [9.17, 15) is 4.79 Å². The summed E-state index contributed by atoms with van der Waals surface area (Å²) in [6.45, 7) is 10.4. The summed E-state index contributed by atoms with van der Waals surface area (Å²) in [5.74, 6) is 1.17. The quantitative estimate of drug-likeness (QED) is 0.768. The average Bonchev–Trinajstić information content (AvgIpc) is 2.54. The molecule has 2 amide bonds. The fraction of sp³-hybridized carbons (Fsp3) is 0.350. The van der Waals surface area contributed by atoms with Gasteiger partial charge in [-0.3, -0.25) is 0 Å². The average molecular weight is 326 g/mol. The lowest BCUT2D eigenvalue weighted by atomic mass is 10.0. The molecule has 2 aromatic rings. The number of aryl methyl sites for hydroxylation is 2. The van der Waals surface area contributed by atoms with Crippen LogP contribution in [0.2, 0.25) is 0 Å². The number of urea groups is 1. The number of hydrogen-bond acceptors (Lipinski definition) is 2. The van der Waals surface area contributed by atoms with Crippen LogP contribution in [0.25, 0.3) is 0 Å². The smallest absolute Gasteiger partial charge is 0.321 e. The summed E-state index contributed by atoms with van der Waals surface area (Å²) in [7, 11) is 0. The summed E-state index contributed by atoms with van der Waals surface area (Å²) < 4.78 is 5.76. The molecule has 0 aromatic heterocycles. The Kier molecular flexibility index (Phi) is 5.85. The van der Waals surface area contributed by atoms with Crippen LogP contribution in [-0.4, -0.2) is 12.8 Å². The Bertz CT molecular complexity index is 724. The molecule has 0 radical (unpaired) electrons. The van der Waals surface area contributed by atoms with Crippen molar-refractivity contribution in [3.63, 3.8) is 0 Å². The van der Waals surface area contributed by atoms with Crippen molar-refractivity contribution >= 4 is 11.7 Å². The maximum absolute atomic E-state index is 12.1. The maximum atomic E-state index is 12.1. The Labute approximate surface area is 144 Å². The minimum atomic E-state index is -0.272. The van der Waals surface area contributed by atoms with E-state index in [0.29, 0.717) is 5.92 Å². The first-order valence-electron chi connectivity index (χ1n) is 8.23. The second-order valence-corrected chi connectivity index (χ2v) is 6.32. The van der Waals surface area contributed by atoms with Gasteiger partial charge in [0.25, 0.3) is 0 Å². The number of amides is 2. The molecule has 0 saturated carbocycles. The van der Waals surface area contributed by atoms with Crippen LogP contribution in [-0.2, 0) is 0 Å². The molecule has 2 rings (SSSR count). The van der Waals surface area contributed by atoms with Gasteiger partial charge in [0.1, 0.15) is 5.75 Å². The van der Waals surface area contributed by atoms with E-state index >= 15 is 0 Å². The van der Waals surface area contributed by atoms with Gasteiger partial charge in [-0.1, -0.05) is 44.2 Å². The topological polar surface area (TPSA) is 50.4 Å². The molecule has 0 fully saturated rings. The lowest BCUT2D eigenvalue weighted by molar-refractivity contribution is 0.234. The van der Waals surface area contributed by atoms with Gasteiger partial charge in [0, 0.05) is 5.69 Å². The fourth-order valence-electron chi connectivity index (χ4n) is 2.60. The number of ether oxygens (including phenoxy) is 1. The molecule has 24 heavy (non-hydrogen) atoms. The number of nitrogens with one attached hydrogen (secondary N) is 2. The summed E-state index contributed by atoms with van der Waals surface area (Å²) in [5.41, 5.74) is 5.27. The van der Waals surface area contributed by atoms with Gasteiger partial charge in [-0.2, -0.15) is 0 Å². The maximum Gasteiger partial charge on any atom is 0.321 e. The Morgan fingerprint density at radius 1 is 1.04 bits per heavy atom. The van der Waals surface area contributed by atoms with Gasteiger partial charge < -0.3 is 15.4 Å². The first-order chi connectivity index (χ1) is 11.4. The molecule has 4 nitrogen and oxygen atoms in total. The molecule has 0 atom stereocenters. The highest BCUT2D eigenvalue weighted by atomic mass is 16.5. The SMILES string of the molecule is Cc1ccc(C)c(OCNC(=O)Nc2ccccc2C(C)C)c1C. The molecule has 0 aliphatic heterocycles. The van der Waals surface area contributed by atoms with Gasteiger partial charge in [0.05, 0.1) is 0 Å². The van der Waals surface area contributed by atoms with E-state index < -0.39 is 0 Å². The van der Waals surface area contributed by atoms with Crippen LogP contribution in [0.4, 0.5) is 10.5 Å². The van der Waals surface area contributed by atoms with Gasteiger partial charge in [-0.05, 0) is 55.0 Å². The molecule has 128 valence electrons. The van der Waals surface area contributed by atoms with Crippen LogP contribution in [0.3, 0.4) is 0 Å². The fourth-order valence-corrected chi connectivity index (χ4v) is 2.60. The summed E-state index contributed by atoms with van der Waals surface area (Å²) in [5, 5.41) is 5.64. The number of benzene rings is 2. The van der Waals surface area contributed by atoms with Crippen LogP contribution in [0.15, 0.2) is 36.4 Å². The highest BCUT2D eigenvalue weighted by molar-refractivity contribution is 5.90. The van der Waals surface area contributed by atoms with Crippen LogP contribution in [0.1, 0.15) is 42.0 Å². The van der Waals surface area contributed by atoms with Crippen LogP contribution >= 0.6 is 0 Å². The zero-order chi connectivity index (χ0) is 17.7. The molecule has 2 aromatic carbocycles. The third-order valence-electron chi connectivity index (χ3n) is 4.15. The molecule has 0 heterocycles. The first kappa shape index (κ1) is 17.9. The molecular formula is C20H26N2O2. The Balaban J connectivity index is 1.94. The lowest BCUT2D eigenvalue weighted by Crippen LogP contribution is -2.32. The molecule has 0 unspecified atom stereocenters. The molecule has 0 aliphatic rings. The van der Waals surface area contributed by atoms with E-state index in [0.717, 1.165) is 28.1 Å². The lowest BCUT2D eigenvalue weighted by Gasteiger charge is -2.16. The molecule has 0 spiro atoms. The highest BCUT2D eigenvalue weighted by Crippen LogP contribution is 2.25. The van der Waals surface area contributed by atoms with Crippen molar-refractivity contribution in [3.05, 3.63) is 58.7 Å². The van der Waals surface area contributed by atoms with Crippen molar-refractivity contribution in [1.82, 2.24) is 5.32 Å². The predicted octanol–water partition coefficient (Wildman–Crippen LogP) is 4.89. The van der Waals surface area contributed by atoms with E-state index in [1.807, 2.05) is 51.1 Å². The molecule has 2 N–H and O–H groups in total. The van der Waals surface area contributed by atoms with Crippen LogP contribution < -0.4 is 15.4 Å². The zero-order valence-electron chi connectivity index (χ0n) is 15.1. The molecule has 0 saturated heterocycles. The number of rotatable bonds is 5. The third-order valence-corrected chi connectivity index (χ3v) is 4.15. The number of carbonyl (C=O) groups excluding carboxylic acids is 1. The molecular weight excluding hydrogens is 300 g/mol. The zero-order valence-corrected chi connectivity index (χ0v) is 15.1. The van der Waals surface area contributed by atoms with Crippen molar-refractivity contribution in [1.29, 1.82) is 0 Å². The van der Waals surface area contributed by atoms with E-state index in [1.54, 1.807) is 0 Å². The van der Waals surface area contributed by atoms with Crippen molar-refractivity contribution in [2.75, 3.05) is 12.0 Å². The number of anilines is 1. The van der Waals surface area contributed by atoms with Gasteiger partial charge in [0.2, 0.25) is 0 Å². The Morgan fingerprint density at radius 3 is 2.42 bits per heavy atom. The number of carbonyl (C=O) groups is 1. The molecule has 4 heteroatoms. The first-order valence-corrected chi connectivity index (χ1v) is 8.23. The monoisotopic (exact) mass is 326 g/mol. The van der Waals surface area contributed by atoms with Gasteiger partial charge >= 0.3 is 6.03 Å². The van der Waals surface area contributed by atoms with E-state index in [4.69, 9.17) is 4.74 Å². The second-order valence-electron chi connectivity index (χ2n) is 6.32. The number of para-hydroxylation sites is 1. The van der Waals surface area contributed by atoms with Gasteiger partial charge in [0.15, 0.2) is 6.73 Å². The third kappa shape index (κ3) is 4.28. The summed E-state index contributed by atoms with van der Waals surface area (Å²) in [4.78, 5) is 12.1. The van der Waals surface area contributed by atoms with Crippen molar-refractivity contribution in [3.8, 4) is 5.75 Å². The minimum Gasteiger partial charge on any atom is -0.473 e. The largest absolute Gasteiger partial charge is 0.473 e. The summed E-state index contributed by atoms with van der Waals surface area (Å²) in [6, 6.07) is 11.6. The van der Waals surface area contributed by atoms with Gasteiger partial charge in [-0.15, -0.1) is 0 Å². The standard InChI is InChI=1S/C20H26N2O2/c1-13(2)17-8-6-7-9-18(17)22-20(23)21-12-24-19-15(4)11-10-14(3)16(19)5/h6-11,13H,12H2,1-5H3,(H2,21,22,23). The van der Waals surface area contributed by atoms with Gasteiger partial charge in [-0.25, -0.2) is 4.79 Å². The summed E-state index contributed by atoms with van der Waals surface area (Å²) in [6.07, 6.45) is 0. The van der Waals surface area contributed by atoms with Crippen LogP contribution in [0, 0.1) is 20.8 Å². The minimum absolute atomic E-state index is 0.126.